The molecule has 0 bridgehead atoms. The Kier molecular flexibility index (Phi) is 43.7. The highest BCUT2D eigenvalue weighted by atomic mass is 16.5. The number of amides is 1. The quantitative estimate of drug-likeness (QED) is 0.0324. The molecule has 0 aromatic rings. The van der Waals surface area contributed by atoms with Crippen molar-refractivity contribution in [2.45, 2.75) is 251 Å². The summed E-state index contributed by atoms with van der Waals surface area (Å²) in [7, 11) is 0. The van der Waals surface area contributed by atoms with E-state index in [-0.39, 0.29) is 24.9 Å². The molecule has 6 nitrogen and oxygen atoms in total. The molecule has 0 saturated heterocycles. The number of nitrogens with one attached hydrogen (secondary N) is 1. The van der Waals surface area contributed by atoms with Crippen LogP contribution in [0, 0.1) is 0 Å². The maximum absolute atomic E-state index is 13.1. The summed E-state index contributed by atoms with van der Waals surface area (Å²) in [5.74, 6) is -0.542. The zero-order chi connectivity index (χ0) is 42.4. The van der Waals surface area contributed by atoms with E-state index in [1.807, 2.05) is 0 Å². The number of esters is 1. The van der Waals surface area contributed by atoms with E-state index < -0.39 is 18.2 Å². The van der Waals surface area contributed by atoms with Crippen LogP contribution in [0.1, 0.15) is 233 Å². The average Bonchev–Trinajstić information content (AvgIpc) is 3.22. The second-order valence-electron chi connectivity index (χ2n) is 16.5. The van der Waals surface area contributed by atoms with Crippen LogP contribution >= 0.6 is 0 Å². The first kappa shape index (κ1) is 55.6. The fraction of sp³-hybridized carbons (Fsp3) is 0.769. The fourth-order valence-corrected chi connectivity index (χ4v) is 7.17. The maximum atomic E-state index is 13.1. The normalized spacial score (nSPS) is 13.8. The van der Waals surface area contributed by atoms with E-state index in [1.165, 1.54) is 103 Å². The standard InChI is InChI=1S/C52H93NO5/c1-4-7-10-13-16-19-22-23-24-25-26-27-30-33-36-39-42-45-52(57)58-48(43-40-37-34-31-28-20-17-14-11-8-5-2)46-51(56)53-49(47-54)50(55)44-41-38-35-32-29-21-18-15-12-9-6-3/h7,10,16,19,23-24,26-27,33,36,48-50,54-55H,4-6,8-9,11-15,17-18,20-22,25,28-32,34-35,37-47H2,1-3H3,(H,53,56)/b10-7-,19-16-,24-23-,27-26-,36-33-. The van der Waals surface area contributed by atoms with Crippen molar-refractivity contribution in [3.63, 3.8) is 0 Å². The van der Waals surface area contributed by atoms with E-state index in [4.69, 9.17) is 4.74 Å². The van der Waals surface area contributed by atoms with Gasteiger partial charge in [0, 0.05) is 6.42 Å². The second-order valence-corrected chi connectivity index (χ2v) is 16.5. The summed E-state index contributed by atoms with van der Waals surface area (Å²) < 4.78 is 5.89. The third kappa shape index (κ3) is 40.3. The van der Waals surface area contributed by atoms with Gasteiger partial charge in [-0.3, -0.25) is 9.59 Å². The molecule has 0 aliphatic rings. The number of ether oxygens (including phenoxy) is 1. The molecule has 0 aromatic heterocycles. The van der Waals surface area contributed by atoms with Crippen molar-refractivity contribution in [2.24, 2.45) is 0 Å². The Balaban J connectivity index is 4.64. The van der Waals surface area contributed by atoms with E-state index in [9.17, 15) is 19.8 Å². The van der Waals surface area contributed by atoms with Crippen LogP contribution in [0.2, 0.25) is 0 Å². The Hall–Kier alpha value is -2.44. The van der Waals surface area contributed by atoms with Crippen molar-refractivity contribution >= 4 is 11.9 Å². The molecule has 58 heavy (non-hydrogen) atoms. The third-order valence-electron chi connectivity index (χ3n) is 10.9. The highest BCUT2D eigenvalue weighted by Crippen LogP contribution is 2.17. The summed E-state index contributed by atoms with van der Waals surface area (Å²) >= 11 is 0. The molecular weight excluding hydrogens is 719 g/mol. The molecular formula is C52H93NO5. The largest absolute Gasteiger partial charge is 0.462 e. The molecule has 3 atom stereocenters. The van der Waals surface area contributed by atoms with Gasteiger partial charge in [-0.05, 0) is 64.2 Å². The van der Waals surface area contributed by atoms with Gasteiger partial charge in [0.15, 0.2) is 0 Å². The Morgan fingerprint density at radius 3 is 1.34 bits per heavy atom. The van der Waals surface area contributed by atoms with Crippen molar-refractivity contribution in [1.29, 1.82) is 0 Å². The van der Waals surface area contributed by atoms with Crippen LogP contribution in [-0.2, 0) is 14.3 Å². The Morgan fingerprint density at radius 2 is 0.914 bits per heavy atom. The minimum absolute atomic E-state index is 0.0555. The SMILES string of the molecule is CC/C=C\C/C=C\C/C=C\C/C=C\C/C=C\CCCC(=O)OC(CCCCCCCCCCCCC)CC(=O)NC(CO)C(O)CCCCCCCCCCCCC. The van der Waals surface area contributed by atoms with Crippen LogP contribution in [-0.4, -0.2) is 46.9 Å². The van der Waals surface area contributed by atoms with E-state index in [1.54, 1.807) is 0 Å². The maximum Gasteiger partial charge on any atom is 0.306 e. The van der Waals surface area contributed by atoms with E-state index in [0.29, 0.717) is 25.7 Å². The number of hydrogen-bond acceptors (Lipinski definition) is 5. The van der Waals surface area contributed by atoms with Gasteiger partial charge in [-0.2, -0.15) is 0 Å². The van der Waals surface area contributed by atoms with Crippen molar-refractivity contribution in [3.8, 4) is 0 Å². The van der Waals surface area contributed by atoms with Crippen molar-refractivity contribution in [3.05, 3.63) is 60.8 Å². The van der Waals surface area contributed by atoms with Gasteiger partial charge in [0.05, 0.1) is 25.2 Å². The third-order valence-corrected chi connectivity index (χ3v) is 10.9. The Morgan fingerprint density at radius 1 is 0.517 bits per heavy atom. The lowest BCUT2D eigenvalue weighted by Crippen LogP contribution is -2.46. The fourth-order valence-electron chi connectivity index (χ4n) is 7.17. The molecule has 0 rings (SSSR count). The van der Waals surface area contributed by atoms with Crippen LogP contribution in [0.15, 0.2) is 60.8 Å². The minimum atomic E-state index is -0.795. The summed E-state index contributed by atoms with van der Waals surface area (Å²) in [5.41, 5.74) is 0. The molecule has 0 heterocycles. The molecule has 0 aliphatic carbocycles. The Bertz CT molecular complexity index is 1050. The molecule has 3 unspecified atom stereocenters. The molecule has 0 radical (unpaired) electrons. The molecule has 0 spiro atoms. The van der Waals surface area contributed by atoms with Gasteiger partial charge in [-0.25, -0.2) is 0 Å². The molecule has 0 aliphatic heterocycles. The van der Waals surface area contributed by atoms with Gasteiger partial charge >= 0.3 is 5.97 Å². The predicted molar refractivity (Wildman–Crippen MR) is 250 cm³/mol. The lowest BCUT2D eigenvalue weighted by Gasteiger charge is -2.24. The summed E-state index contributed by atoms with van der Waals surface area (Å²) in [6.07, 6.45) is 55.7. The topological polar surface area (TPSA) is 95.9 Å². The summed E-state index contributed by atoms with van der Waals surface area (Å²) in [5, 5.41) is 23.7. The van der Waals surface area contributed by atoms with Gasteiger partial charge in [0.25, 0.3) is 0 Å². The van der Waals surface area contributed by atoms with Gasteiger partial charge < -0.3 is 20.3 Å². The van der Waals surface area contributed by atoms with Crippen LogP contribution in [0.4, 0.5) is 0 Å². The first-order valence-electron chi connectivity index (χ1n) is 24.5. The zero-order valence-electron chi connectivity index (χ0n) is 38.2. The lowest BCUT2D eigenvalue weighted by molar-refractivity contribution is -0.151. The van der Waals surface area contributed by atoms with Crippen LogP contribution in [0.25, 0.3) is 0 Å². The van der Waals surface area contributed by atoms with Crippen molar-refractivity contribution in [1.82, 2.24) is 5.32 Å². The number of carbonyl (C=O) groups excluding carboxylic acids is 2. The second kappa shape index (κ2) is 45.6. The minimum Gasteiger partial charge on any atom is -0.462 e. The molecule has 0 aromatic carbocycles. The number of carbonyl (C=O) groups is 2. The van der Waals surface area contributed by atoms with Crippen LogP contribution < -0.4 is 5.32 Å². The average molecular weight is 812 g/mol. The lowest BCUT2D eigenvalue weighted by atomic mass is 10.0. The number of rotatable bonds is 43. The van der Waals surface area contributed by atoms with Gasteiger partial charge in [-0.1, -0.05) is 216 Å². The van der Waals surface area contributed by atoms with Gasteiger partial charge in [-0.15, -0.1) is 0 Å². The summed E-state index contributed by atoms with van der Waals surface area (Å²) in [6.45, 7) is 6.34. The first-order chi connectivity index (χ1) is 28.5. The van der Waals surface area contributed by atoms with E-state index >= 15 is 0 Å². The van der Waals surface area contributed by atoms with E-state index in [0.717, 1.165) is 77.0 Å². The monoisotopic (exact) mass is 812 g/mol. The molecule has 6 heteroatoms. The number of aliphatic hydroxyl groups excluding tert-OH is 2. The number of hydrogen-bond donors (Lipinski definition) is 3. The van der Waals surface area contributed by atoms with Crippen molar-refractivity contribution in [2.75, 3.05) is 6.61 Å². The van der Waals surface area contributed by atoms with Gasteiger partial charge in [0.2, 0.25) is 5.91 Å². The van der Waals surface area contributed by atoms with Crippen molar-refractivity contribution < 1.29 is 24.5 Å². The first-order valence-corrected chi connectivity index (χ1v) is 24.5. The Labute approximate surface area is 358 Å². The number of allylic oxidation sites excluding steroid dienone is 10. The highest BCUT2D eigenvalue weighted by molar-refractivity contribution is 5.77. The number of aliphatic hydroxyl groups is 2. The molecule has 336 valence electrons. The van der Waals surface area contributed by atoms with Crippen LogP contribution in [0.5, 0.6) is 0 Å². The molecule has 3 N–H and O–H groups in total. The number of unbranched alkanes of at least 4 members (excludes halogenated alkanes) is 21. The smallest absolute Gasteiger partial charge is 0.306 e. The van der Waals surface area contributed by atoms with E-state index in [2.05, 4.69) is 86.8 Å². The highest BCUT2D eigenvalue weighted by Gasteiger charge is 2.24. The predicted octanol–water partition coefficient (Wildman–Crippen LogP) is 14.5. The molecule has 0 fully saturated rings. The molecule has 0 saturated carbocycles. The molecule has 1 amide bonds. The van der Waals surface area contributed by atoms with Gasteiger partial charge in [0.1, 0.15) is 6.10 Å². The zero-order valence-corrected chi connectivity index (χ0v) is 38.2. The van der Waals surface area contributed by atoms with Crippen LogP contribution in [0.3, 0.4) is 0 Å². The summed E-state index contributed by atoms with van der Waals surface area (Å²) in [4.78, 5) is 26.0. The summed E-state index contributed by atoms with van der Waals surface area (Å²) in [6, 6.07) is -0.711.